The molecule has 0 heterocycles. The summed E-state index contributed by atoms with van der Waals surface area (Å²) in [6.07, 6.45) is 1.06. The molecule has 78 valence electrons. The summed E-state index contributed by atoms with van der Waals surface area (Å²) >= 11 is 0. The number of likely N-dealkylation sites (N-methyl/N-ethyl adjacent to an activating group) is 1. The molecule has 1 unspecified atom stereocenters. The third kappa shape index (κ3) is 6.54. The molecule has 0 aromatic rings. The van der Waals surface area contributed by atoms with Crippen LogP contribution in [0.3, 0.4) is 0 Å². The van der Waals surface area contributed by atoms with Crippen LogP contribution < -0.4 is 10.6 Å². The van der Waals surface area contributed by atoms with Crippen molar-refractivity contribution in [2.75, 3.05) is 34.2 Å². The summed E-state index contributed by atoms with van der Waals surface area (Å²) in [7, 11) is 5.74. The SMILES string of the molecule is CNC(=O)C(C)NCCCN(C)C. The van der Waals surface area contributed by atoms with E-state index < -0.39 is 0 Å². The van der Waals surface area contributed by atoms with Crippen LogP contribution in [0, 0.1) is 0 Å². The molecule has 0 radical (unpaired) electrons. The van der Waals surface area contributed by atoms with Crippen LogP contribution in [0.4, 0.5) is 0 Å². The molecule has 0 saturated heterocycles. The minimum Gasteiger partial charge on any atom is -0.358 e. The van der Waals surface area contributed by atoms with Gasteiger partial charge in [-0.05, 0) is 40.5 Å². The lowest BCUT2D eigenvalue weighted by Gasteiger charge is -2.13. The molecular weight excluding hydrogens is 166 g/mol. The standard InChI is InChI=1S/C9H21N3O/c1-8(9(13)10-2)11-6-5-7-12(3)4/h8,11H,5-7H2,1-4H3,(H,10,13). The molecule has 4 nitrogen and oxygen atoms in total. The molecule has 0 fully saturated rings. The van der Waals surface area contributed by atoms with Crippen molar-refractivity contribution < 1.29 is 4.79 Å². The molecule has 0 bridgehead atoms. The van der Waals surface area contributed by atoms with E-state index >= 15 is 0 Å². The van der Waals surface area contributed by atoms with Crippen molar-refractivity contribution in [1.82, 2.24) is 15.5 Å². The number of nitrogens with zero attached hydrogens (tertiary/aromatic N) is 1. The van der Waals surface area contributed by atoms with Crippen LogP contribution in [0.1, 0.15) is 13.3 Å². The van der Waals surface area contributed by atoms with Crippen molar-refractivity contribution in [3.8, 4) is 0 Å². The van der Waals surface area contributed by atoms with Gasteiger partial charge in [0.05, 0.1) is 6.04 Å². The van der Waals surface area contributed by atoms with Crippen LogP contribution in [-0.2, 0) is 4.79 Å². The lowest BCUT2D eigenvalue weighted by molar-refractivity contribution is -0.122. The molecule has 4 heteroatoms. The van der Waals surface area contributed by atoms with E-state index in [1.165, 1.54) is 0 Å². The van der Waals surface area contributed by atoms with Crippen molar-refractivity contribution in [3.63, 3.8) is 0 Å². The first-order valence-corrected chi connectivity index (χ1v) is 4.67. The van der Waals surface area contributed by atoms with Gasteiger partial charge in [0, 0.05) is 7.05 Å². The highest BCUT2D eigenvalue weighted by molar-refractivity contribution is 5.80. The summed E-state index contributed by atoms with van der Waals surface area (Å²) in [6.45, 7) is 3.80. The highest BCUT2D eigenvalue weighted by atomic mass is 16.2. The number of carbonyl (C=O) groups is 1. The first-order valence-electron chi connectivity index (χ1n) is 4.67. The Bertz CT molecular complexity index is 148. The summed E-state index contributed by atoms with van der Waals surface area (Å²) in [5.74, 6) is 0.0462. The van der Waals surface area contributed by atoms with Gasteiger partial charge < -0.3 is 15.5 Å². The molecule has 0 aliphatic rings. The van der Waals surface area contributed by atoms with Gasteiger partial charge in [-0.25, -0.2) is 0 Å². The molecule has 0 rings (SSSR count). The Morgan fingerprint density at radius 2 is 2.08 bits per heavy atom. The second-order valence-electron chi connectivity index (χ2n) is 3.45. The zero-order chi connectivity index (χ0) is 10.3. The molecule has 0 aromatic carbocycles. The van der Waals surface area contributed by atoms with E-state index in [4.69, 9.17) is 0 Å². The topological polar surface area (TPSA) is 44.4 Å². The lowest BCUT2D eigenvalue weighted by atomic mass is 10.3. The number of rotatable bonds is 6. The highest BCUT2D eigenvalue weighted by Gasteiger charge is 2.08. The van der Waals surface area contributed by atoms with Gasteiger partial charge >= 0.3 is 0 Å². The molecule has 0 saturated carbocycles. The Morgan fingerprint density at radius 3 is 2.54 bits per heavy atom. The van der Waals surface area contributed by atoms with Gasteiger partial charge in [-0.1, -0.05) is 0 Å². The van der Waals surface area contributed by atoms with E-state index in [-0.39, 0.29) is 11.9 Å². The van der Waals surface area contributed by atoms with Gasteiger partial charge in [-0.15, -0.1) is 0 Å². The van der Waals surface area contributed by atoms with E-state index in [2.05, 4.69) is 15.5 Å². The largest absolute Gasteiger partial charge is 0.358 e. The lowest BCUT2D eigenvalue weighted by Crippen LogP contribution is -2.41. The third-order valence-corrected chi connectivity index (χ3v) is 1.87. The minimum atomic E-state index is -0.0906. The summed E-state index contributed by atoms with van der Waals surface area (Å²) < 4.78 is 0. The summed E-state index contributed by atoms with van der Waals surface area (Å²) in [5.41, 5.74) is 0. The van der Waals surface area contributed by atoms with E-state index in [0.717, 1.165) is 19.5 Å². The molecule has 0 aliphatic carbocycles. The highest BCUT2D eigenvalue weighted by Crippen LogP contribution is 1.84. The first-order chi connectivity index (χ1) is 6.07. The molecule has 0 aromatic heterocycles. The zero-order valence-electron chi connectivity index (χ0n) is 9.05. The van der Waals surface area contributed by atoms with Crippen molar-refractivity contribution in [1.29, 1.82) is 0 Å². The number of amides is 1. The second-order valence-corrected chi connectivity index (χ2v) is 3.45. The molecule has 2 N–H and O–H groups in total. The van der Waals surface area contributed by atoms with Gasteiger partial charge in [-0.2, -0.15) is 0 Å². The Hall–Kier alpha value is -0.610. The van der Waals surface area contributed by atoms with Crippen LogP contribution in [-0.4, -0.2) is 51.1 Å². The van der Waals surface area contributed by atoms with Gasteiger partial charge in [-0.3, -0.25) is 4.79 Å². The van der Waals surface area contributed by atoms with E-state index in [1.54, 1.807) is 7.05 Å². The van der Waals surface area contributed by atoms with Crippen LogP contribution in [0.2, 0.25) is 0 Å². The second kappa shape index (κ2) is 6.86. The molecule has 0 aliphatic heterocycles. The van der Waals surface area contributed by atoms with Crippen molar-refractivity contribution in [2.45, 2.75) is 19.4 Å². The van der Waals surface area contributed by atoms with Gasteiger partial charge in [0.2, 0.25) is 5.91 Å². The molecular formula is C9H21N3O. The predicted octanol–water partition coefficient (Wildman–Crippen LogP) is -0.338. The third-order valence-electron chi connectivity index (χ3n) is 1.87. The zero-order valence-corrected chi connectivity index (χ0v) is 9.05. The Morgan fingerprint density at radius 1 is 1.46 bits per heavy atom. The van der Waals surface area contributed by atoms with Gasteiger partial charge in [0.15, 0.2) is 0 Å². The summed E-state index contributed by atoms with van der Waals surface area (Å²) in [4.78, 5) is 13.2. The number of hydrogen-bond acceptors (Lipinski definition) is 3. The van der Waals surface area contributed by atoms with E-state index in [1.807, 2.05) is 21.0 Å². The molecule has 0 spiro atoms. The van der Waals surface area contributed by atoms with Crippen molar-refractivity contribution in [2.24, 2.45) is 0 Å². The van der Waals surface area contributed by atoms with E-state index in [0.29, 0.717) is 0 Å². The van der Waals surface area contributed by atoms with Crippen molar-refractivity contribution >= 4 is 5.91 Å². The van der Waals surface area contributed by atoms with Gasteiger partial charge in [0.25, 0.3) is 0 Å². The predicted molar refractivity (Wildman–Crippen MR) is 54.7 cm³/mol. The molecule has 13 heavy (non-hydrogen) atoms. The fourth-order valence-electron chi connectivity index (χ4n) is 1.02. The summed E-state index contributed by atoms with van der Waals surface area (Å²) in [5, 5.41) is 5.75. The minimum absolute atomic E-state index is 0.0462. The maximum atomic E-state index is 11.1. The average molecular weight is 187 g/mol. The Labute approximate surface area is 80.7 Å². The first kappa shape index (κ1) is 12.4. The maximum Gasteiger partial charge on any atom is 0.236 e. The van der Waals surface area contributed by atoms with E-state index in [9.17, 15) is 4.79 Å². The number of hydrogen-bond donors (Lipinski definition) is 2. The van der Waals surface area contributed by atoms with Crippen LogP contribution in [0.15, 0.2) is 0 Å². The number of nitrogens with one attached hydrogen (secondary N) is 2. The quantitative estimate of drug-likeness (QED) is 0.559. The fourth-order valence-corrected chi connectivity index (χ4v) is 1.02. The summed E-state index contributed by atoms with van der Waals surface area (Å²) in [6, 6.07) is -0.0906. The average Bonchev–Trinajstić information content (AvgIpc) is 2.10. The van der Waals surface area contributed by atoms with Crippen LogP contribution >= 0.6 is 0 Å². The normalized spacial score (nSPS) is 13.0. The number of carbonyl (C=O) groups excluding carboxylic acids is 1. The van der Waals surface area contributed by atoms with Crippen LogP contribution in [0.25, 0.3) is 0 Å². The molecule has 1 atom stereocenters. The Kier molecular flexibility index (Phi) is 6.54. The molecule has 1 amide bonds. The smallest absolute Gasteiger partial charge is 0.236 e. The fraction of sp³-hybridized carbons (Fsp3) is 0.889. The Balaban J connectivity index is 3.37. The van der Waals surface area contributed by atoms with Crippen molar-refractivity contribution in [3.05, 3.63) is 0 Å². The van der Waals surface area contributed by atoms with Crippen LogP contribution in [0.5, 0.6) is 0 Å². The van der Waals surface area contributed by atoms with Gasteiger partial charge in [0.1, 0.15) is 0 Å². The monoisotopic (exact) mass is 187 g/mol. The maximum absolute atomic E-state index is 11.1.